The van der Waals surface area contributed by atoms with Crippen LogP contribution < -0.4 is 0 Å². The van der Waals surface area contributed by atoms with E-state index in [4.69, 9.17) is 0 Å². The van der Waals surface area contributed by atoms with E-state index >= 15 is 0 Å². The van der Waals surface area contributed by atoms with Gasteiger partial charge in [0, 0.05) is 11.8 Å². The summed E-state index contributed by atoms with van der Waals surface area (Å²) in [5.41, 5.74) is -0.835. The number of hydrogen-bond donors (Lipinski definition) is 0. The number of aromatic nitrogens is 5. The summed E-state index contributed by atoms with van der Waals surface area (Å²) in [5.74, 6) is -0.548. The van der Waals surface area contributed by atoms with E-state index in [1.807, 2.05) is 0 Å². The molecule has 0 amide bonds. The van der Waals surface area contributed by atoms with Crippen LogP contribution in [0.15, 0.2) is 43.0 Å². The first-order valence-electron chi connectivity index (χ1n) is 6.28. The molecule has 3 aromatic heterocycles. The van der Waals surface area contributed by atoms with Gasteiger partial charge in [-0.05, 0) is 18.2 Å². The molecule has 0 spiro atoms. The molecule has 23 heavy (non-hydrogen) atoms. The van der Waals surface area contributed by atoms with Crippen molar-refractivity contribution >= 4 is 0 Å². The normalized spacial score (nSPS) is 11.5. The van der Waals surface area contributed by atoms with Crippen LogP contribution in [0.3, 0.4) is 0 Å². The van der Waals surface area contributed by atoms with Crippen LogP contribution in [0.25, 0.3) is 22.9 Å². The van der Waals surface area contributed by atoms with Crippen molar-refractivity contribution in [1.82, 2.24) is 24.9 Å². The lowest BCUT2D eigenvalue weighted by molar-refractivity contribution is -0.141. The van der Waals surface area contributed by atoms with Crippen molar-refractivity contribution in [3.8, 4) is 22.9 Å². The van der Waals surface area contributed by atoms with Crippen LogP contribution in [-0.4, -0.2) is 24.9 Å². The van der Waals surface area contributed by atoms with Gasteiger partial charge in [0.05, 0.1) is 6.20 Å². The van der Waals surface area contributed by atoms with Crippen molar-refractivity contribution in [2.45, 2.75) is 6.18 Å². The van der Waals surface area contributed by atoms with E-state index in [-0.39, 0.29) is 22.9 Å². The standard InChI is InChI=1S/C14H7F4N5/c15-9-4-8(5-19-6-9)12-20-7-21-13(23-12)10-2-1-3-11(22-10)14(16,17)18/h1-7H. The molecule has 0 aliphatic carbocycles. The number of nitrogens with zero attached hydrogens (tertiary/aromatic N) is 5. The Balaban J connectivity index is 2.04. The van der Waals surface area contributed by atoms with E-state index < -0.39 is 17.7 Å². The Morgan fingerprint density at radius 3 is 2.43 bits per heavy atom. The van der Waals surface area contributed by atoms with Crippen molar-refractivity contribution < 1.29 is 17.6 Å². The van der Waals surface area contributed by atoms with Gasteiger partial charge in [-0.1, -0.05) is 6.07 Å². The van der Waals surface area contributed by atoms with Crippen LogP contribution >= 0.6 is 0 Å². The maximum absolute atomic E-state index is 13.2. The fraction of sp³-hybridized carbons (Fsp3) is 0.0714. The highest BCUT2D eigenvalue weighted by atomic mass is 19.4. The van der Waals surface area contributed by atoms with Gasteiger partial charge in [0.25, 0.3) is 0 Å². The predicted molar refractivity (Wildman–Crippen MR) is 71.2 cm³/mol. The first-order chi connectivity index (χ1) is 10.9. The van der Waals surface area contributed by atoms with Gasteiger partial charge in [0.2, 0.25) is 0 Å². The zero-order chi connectivity index (χ0) is 16.4. The topological polar surface area (TPSA) is 64.5 Å². The highest BCUT2D eigenvalue weighted by molar-refractivity contribution is 5.57. The number of halogens is 4. The van der Waals surface area contributed by atoms with E-state index in [2.05, 4.69) is 24.9 Å². The van der Waals surface area contributed by atoms with Crippen LogP contribution in [0, 0.1) is 5.82 Å². The minimum absolute atomic E-state index is 0.0506. The predicted octanol–water partition coefficient (Wildman–Crippen LogP) is 3.15. The molecule has 0 N–H and O–H groups in total. The highest BCUT2D eigenvalue weighted by Gasteiger charge is 2.32. The second kappa shape index (κ2) is 5.67. The van der Waals surface area contributed by atoms with Gasteiger partial charge in [0.15, 0.2) is 11.6 Å². The quantitative estimate of drug-likeness (QED) is 0.678. The molecule has 0 radical (unpaired) electrons. The van der Waals surface area contributed by atoms with Crippen molar-refractivity contribution in [3.63, 3.8) is 0 Å². The maximum atomic E-state index is 13.2. The summed E-state index contributed by atoms with van der Waals surface area (Å²) in [6.07, 6.45) is -1.11. The third-order valence-electron chi connectivity index (χ3n) is 2.80. The Bertz CT molecular complexity index is 850. The molecule has 3 rings (SSSR count). The van der Waals surface area contributed by atoms with Crippen LogP contribution in [0.5, 0.6) is 0 Å². The van der Waals surface area contributed by atoms with E-state index in [1.165, 1.54) is 18.3 Å². The van der Waals surface area contributed by atoms with E-state index in [1.54, 1.807) is 0 Å². The Morgan fingerprint density at radius 1 is 0.913 bits per heavy atom. The fourth-order valence-corrected chi connectivity index (χ4v) is 1.81. The molecule has 0 unspecified atom stereocenters. The highest BCUT2D eigenvalue weighted by Crippen LogP contribution is 2.28. The zero-order valence-electron chi connectivity index (χ0n) is 11.3. The molecule has 116 valence electrons. The van der Waals surface area contributed by atoms with Crippen molar-refractivity contribution in [1.29, 1.82) is 0 Å². The van der Waals surface area contributed by atoms with Gasteiger partial charge in [-0.25, -0.2) is 24.3 Å². The minimum Gasteiger partial charge on any atom is -0.261 e. The molecule has 0 atom stereocenters. The smallest absolute Gasteiger partial charge is 0.261 e. The van der Waals surface area contributed by atoms with Crippen molar-refractivity contribution in [2.75, 3.05) is 0 Å². The fourth-order valence-electron chi connectivity index (χ4n) is 1.81. The SMILES string of the molecule is Fc1cncc(-c2ncnc(-c3cccc(C(F)(F)F)n3)n2)c1. The van der Waals surface area contributed by atoms with Crippen LogP contribution in [0.2, 0.25) is 0 Å². The lowest BCUT2D eigenvalue weighted by atomic mass is 10.2. The van der Waals surface area contributed by atoms with Gasteiger partial charge < -0.3 is 0 Å². The van der Waals surface area contributed by atoms with Gasteiger partial charge in [-0.3, -0.25) is 4.98 Å². The molecular formula is C14H7F4N5. The second-order valence-electron chi connectivity index (χ2n) is 4.43. The largest absolute Gasteiger partial charge is 0.433 e. The number of alkyl halides is 3. The Hall–Kier alpha value is -2.97. The molecule has 0 saturated carbocycles. The number of rotatable bonds is 2. The van der Waals surface area contributed by atoms with Crippen molar-refractivity contribution in [3.05, 3.63) is 54.5 Å². The number of hydrogen-bond acceptors (Lipinski definition) is 5. The summed E-state index contributed by atoms with van der Waals surface area (Å²) in [7, 11) is 0. The molecule has 0 bridgehead atoms. The molecule has 0 aliphatic rings. The molecular weight excluding hydrogens is 314 g/mol. The molecule has 3 aromatic rings. The number of pyridine rings is 2. The van der Waals surface area contributed by atoms with E-state index in [0.29, 0.717) is 0 Å². The lowest BCUT2D eigenvalue weighted by Crippen LogP contribution is -2.08. The molecule has 0 saturated heterocycles. The summed E-state index contributed by atoms with van der Waals surface area (Å²) >= 11 is 0. The summed E-state index contributed by atoms with van der Waals surface area (Å²) in [4.78, 5) is 18.9. The third kappa shape index (κ3) is 3.28. The molecule has 5 nitrogen and oxygen atoms in total. The van der Waals surface area contributed by atoms with Crippen molar-refractivity contribution in [2.24, 2.45) is 0 Å². The molecule has 0 aliphatic heterocycles. The lowest BCUT2D eigenvalue weighted by Gasteiger charge is -2.07. The van der Waals surface area contributed by atoms with Gasteiger partial charge in [-0.15, -0.1) is 0 Å². The van der Waals surface area contributed by atoms with Crippen LogP contribution in [-0.2, 0) is 6.18 Å². The molecule has 9 heteroatoms. The van der Waals surface area contributed by atoms with E-state index in [0.717, 1.165) is 24.7 Å². The Labute approximate surface area is 127 Å². The van der Waals surface area contributed by atoms with Crippen LogP contribution in [0.1, 0.15) is 5.69 Å². The summed E-state index contributed by atoms with van der Waals surface area (Å²) in [6, 6.07) is 4.56. The molecule has 3 heterocycles. The minimum atomic E-state index is -4.57. The van der Waals surface area contributed by atoms with Crippen LogP contribution in [0.4, 0.5) is 17.6 Å². The zero-order valence-corrected chi connectivity index (χ0v) is 11.3. The van der Waals surface area contributed by atoms with Gasteiger partial charge >= 0.3 is 6.18 Å². The first kappa shape index (κ1) is 14.9. The summed E-state index contributed by atoms with van der Waals surface area (Å²) in [6.45, 7) is 0. The summed E-state index contributed by atoms with van der Waals surface area (Å²) in [5, 5.41) is 0. The second-order valence-corrected chi connectivity index (χ2v) is 4.43. The molecule has 0 fully saturated rings. The summed E-state index contributed by atoms with van der Waals surface area (Å²) < 4.78 is 51.3. The van der Waals surface area contributed by atoms with Gasteiger partial charge in [0.1, 0.15) is 23.5 Å². The van der Waals surface area contributed by atoms with E-state index in [9.17, 15) is 17.6 Å². The Morgan fingerprint density at radius 2 is 1.70 bits per heavy atom. The average molecular weight is 321 g/mol. The monoisotopic (exact) mass is 321 g/mol. The third-order valence-corrected chi connectivity index (χ3v) is 2.80. The van der Waals surface area contributed by atoms with Gasteiger partial charge in [-0.2, -0.15) is 13.2 Å². The Kier molecular flexibility index (Phi) is 3.68. The first-order valence-corrected chi connectivity index (χ1v) is 6.28. The maximum Gasteiger partial charge on any atom is 0.433 e. The average Bonchev–Trinajstić information content (AvgIpc) is 2.54. The molecule has 0 aromatic carbocycles.